The van der Waals surface area contributed by atoms with Crippen molar-refractivity contribution in [1.29, 1.82) is 0 Å². The number of halogens is 1. The number of rotatable bonds is 4. The molecule has 1 aliphatic rings. The first-order valence-corrected chi connectivity index (χ1v) is 8.42. The summed E-state index contributed by atoms with van der Waals surface area (Å²) in [5.74, 6) is -0.297. The Morgan fingerprint density at radius 1 is 1.08 bits per heavy atom. The van der Waals surface area contributed by atoms with Crippen LogP contribution in [-0.4, -0.2) is 29.3 Å². The molecule has 2 aromatic rings. The quantitative estimate of drug-likeness (QED) is 0.927. The molecule has 0 aliphatic carbocycles. The molecule has 0 radical (unpaired) electrons. The Morgan fingerprint density at radius 2 is 1.79 bits per heavy atom. The second-order valence-electron chi connectivity index (χ2n) is 5.84. The van der Waals surface area contributed by atoms with Crippen molar-refractivity contribution in [1.82, 2.24) is 10.2 Å². The van der Waals surface area contributed by atoms with Gasteiger partial charge in [0.05, 0.1) is 10.6 Å². The molecule has 1 aliphatic heterocycles. The largest absolute Gasteiger partial charge is 0.350 e. The van der Waals surface area contributed by atoms with Crippen LogP contribution >= 0.6 is 11.6 Å². The molecule has 0 spiro atoms. The van der Waals surface area contributed by atoms with Gasteiger partial charge < -0.3 is 10.2 Å². The zero-order chi connectivity index (χ0) is 16.9. The molecule has 1 atom stereocenters. The van der Waals surface area contributed by atoms with Crippen molar-refractivity contribution in [2.45, 2.75) is 25.4 Å². The van der Waals surface area contributed by atoms with Crippen molar-refractivity contribution in [3.63, 3.8) is 0 Å². The number of likely N-dealkylation sites (tertiary alicyclic amines) is 1. The summed E-state index contributed by atoms with van der Waals surface area (Å²) in [7, 11) is 0. The smallest absolute Gasteiger partial charge is 0.256 e. The van der Waals surface area contributed by atoms with Crippen molar-refractivity contribution >= 4 is 23.4 Å². The first-order valence-electron chi connectivity index (χ1n) is 8.04. The van der Waals surface area contributed by atoms with Crippen molar-refractivity contribution in [3.05, 3.63) is 70.7 Å². The van der Waals surface area contributed by atoms with Crippen LogP contribution in [0.4, 0.5) is 0 Å². The lowest BCUT2D eigenvalue weighted by Crippen LogP contribution is -2.45. The zero-order valence-corrected chi connectivity index (χ0v) is 14.0. The van der Waals surface area contributed by atoms with Crippen LogP contribution < -0.4 is 5.32 Å². The number of nitrogens with one attached hydrogen (secondary N) is 1. The van der Waals surface area contributed by atoms with Crippen molar-refractivity contribution in [2.75, 3.05) is 6.54 Å². The van der Waals surface area contributed by atoms with Gasteiger partial charge in [-0.2, -0.15) is 0 Å². The number of carbonyl (C=O) groups excluding carboxylic acids is 2. The molecule has 5 heteroatoms. The summed E-state index contributed by atoms with van der Waals surface area (Å²) in [6.45, 7) is 1.04. The van der Waals surface area contributed by atoms with Crippen LogP contribution in [0.2, 0.25) is 5.02 Å². The standard InChI is InChI=1S/C19H19ClN2O2/c20-16-10-5-4-9-15(16)19(24)22-12-6-11-17(22)18(23)21-13-14-7-2-1-3-8-14/h1-5,7-10,17H,6,11-13H2,(H,21,23)/t17-/m0/s1. The van der Waals surface area contributed by atoms with Gasteiger partial charge in [-0.1, -0.05) is 54.1 Å². The van der Waals surface area contributed by atoms with Gasteiger partial charge in [0.1, 0.15) is 6.04 Å². The summed E-state index contributed by atoms with van der Waals surface area (Å²) < 4.78 is 0. The summed E-state index contributed by atoms with van der Waals surface area (Å²) in [5, 5.41) is 3.34. The van der Waals surface area contributed by atoms with Crippen molar-refractivity contribution in [2.24, 2.45) is 0 Å². The van der Waals surface area contributed by atoms with Gasteiger partial charge in [-0.3, -0.25) is 9.59 Å². The van der Waals surface area contributed by atoms with E-state index in [2.05, 4.69) is 5.32 Å². The number of hydrogen-bond acceptors (Lipinski definition) is 2. The van der Waals surface area contributed by atoms with Crippen LogP contribution in [0, 0.1) is 0 Å². The Bertz CT molecular complexity index is 733. The lowest BCUT2D eigenvalue weighted by molar-refractivity contribution is -0.125. The normalized spacial score (nSPS) is 16.9. The van der Waals surface area contributed by atoms with E-state index in [1.165, 1.54) is 0 Å². The number of carbonyl (C=O) groups is 2. The van der Waals surface area contributed by atoms with Gasteiger partial charge in [-0.15, -0.1) is 0 Å². The van der Waals surface area contributed by atoms with E-state index in [0.717, 1.165) is 12.0 Å². The fourth-order valence-electron chi connectivity index (χ4n) is 2.97. The zero-order valence-electron chi connectivity index (χ0n) is 13.2. The first-order chi connectivity index (χ1) is 11.7. The molecule has 0 bridgehead atoms. The van der Waals surface area contributed by atoms with E-state index < -0.39 is 6.04 Å². The molecule has 4 nitrogen and oxygen atoms in total. The molecular weight excluding hydrogens is 324 g/mol. The molecule has 1 saturated heterocycles. The third-order valence-electron chi connectivity index (χ3n) is 4.23. The molecule has 2 amide bonds. The summed E-state index contributed by atoms with van der Waals surface area (Å²) in [4.78, 5) is 26.9. The Balaban J connectivity index is 1.67. The second kappa shape index (κ2) is 7.49. The SMILES string of the molecule is O=C(NCc1ccccc1)[C@@H]1CCCN1C(=O)c1ccccc1Cl. The third kappa shape index (κ3) is 3.60. The van der Waals surface area contributed by atoms with Crippen LogP contribution in [0.3, 0.4) is 0 Å². The van der Waals surface area contributed by atoms with Crippen LogP contribution in [-0.2, 0) is 11.3 Å². The first kappa shape index (κ1) is 16.5. The molecule has 2 aromatic carbocycles. The van der Waals surface area contributed by atoms with Gasteiger partial charge in [0.25, 0.3) is 5.91 Å². The number of amides is 2. The van der Waals surface area contributed by atoms with E-state index in [4.69, 9.17) is 11.6 Å². The minimum absolute atomic E-state index is 0.114. The van der Waals surface area contributed by atoms with Crippen molar-refractivity contribution in [3.8, 4) is 0 Å². The fraction of sp³-hybridized carbons (Fsp3) is 0.263. The highest BCUT2D eigenvalue weighted by Gasteiger charge is 2.34. The summed E-state index contributed by atoms with van der Waals surface area (Å²) in [6, 6.07) is 16.2. The third-order valence-corrected chi connectivity index (χ3v) is 4.56. The van der Waals surface area contributed by atoms with E-state index >= 15 is 0 Å². The average Bonchev–Trinajstić information content (AvgIpc) is 3.10. The number of benzene rings is 2. The van der Waals surface area contributed by atoms with Gasteiger partial charge in [0, 0.05) is 13.1 Å². The van der Waals surface area contributed by atoms with E-state index in [-0.39, 0.29) is 11.8 Å². The molecule has 124 valence electrons. The van der Waals surface area contributed by atoms with Gasteiger partial charge in [-0.25, -0.2) is 0 Å². The van der Waals surface area contributed by atoms with E-state index in [1.807, 2.05) is 30.3 Å². The second-order valence-corrected chi connectivity index (χ2v) is 6.25. The van der Waals surface area contributed by atoms with Crippen LogP contribution in [0.15, 0.2) is 54.6 Å². The van der Waals surface area contributed by atoms with Gasteiger partial charge in [0.2, 0.25) is 5.91 Å². The maximum atomic E-state index is 12.7. The van der Waals surface area contributed by atoms with Gasteiger partial charge in [-0.05, 0) is 30.5 Å². The highest BCUT2D eigenvalue weighted by Crippen LogP contribution is 2.24. The Morgan fingerprint density at radius 3 is 2.54 bits per heavy atom. The molecule has 3 rings (SSSR count). The minimum Gasteiger partial charge on any atom is -0.350 e. The Labute approximate surface area is 146 Å². The summed E-state index contributed by atoms with van der Waals surface area (Å²) in [5.41, 5.74) is 1.48. The number of nitrogens with zero attached hydrogens (tertiary/aromatic N) is 1. The van der Waals surface area contributed by atoms with E-state index in [9.17, 15) is 9.59 Å². The predicted molar refractivity (Wildman–Crippen MR) is 93.8 cm³/mol. The maximum absolute atomic E-state index is 12.7. The van der Waals surface area contributed by atoms with Gasteiger partial charge >= 0.3 is 0 Å². The molecule has 0 saturated carbocycles. The molecule has 0 aromatic heterocycles. The summed E-state index contributed by atoms with van der Waals surface area (Å²) in [6.07, 6.45) is 1.50. The molecule has 1 N–H and O–H groups in total. The van der Waals surface area contributed by atoms with E-state index in [1.54, 1.807) is 29.2 Å². The maximum Gasteiger partial charge on any atom is 0.256 e. The topological polar surface area (TPSA) is 49.4 Å². The van der Waals surface area contributed by atoms with Crippen molar-refractivity contribution < 1.29 is 9.59 Å². The van der Waals surface area contributed by atoms with Crippen LogP contribution in [0.1, 0.15) is 28.8 Å². The predicted octanol–water partition coefficient (Wildman–Crippen LogP) is 3.26. The average molecular weight is 343 g/mol. The van der Waals surface area contributed by atoms with Crippen LogP contribution in [0.25, 0.3) is 0 Å². The number of hydrogen-bond donors (Lipinski definition) is 1. The lowest BCUT2D eigenvalue weighted by Gasteiger charge is -2.24. The molecular formula is C19H19ClN2O2. The minimum atomic E-state index is -0.433. The van der Waals surface area contributed by atoms with Gasteiger partial charge in [0.15, 0.2) is 0 Å². The molecule has 1 fully saturated rings. The van der Waals surface area contributed by atoms with E-state index in [0.29, 0.717) is 30.1 Å². The Kier molecular flexibility index (Phi) is 5.16. The molecule has 0 unspecified atom stereocenters. The van der Waals surface area contributed by atoms with Crippen LogP contribution in [0.5, 0.6) is 0 Å². The monoisotopic (exact) mass is 342 g/mol. The highest BCUT2D eigenvalue weighted by molar-refractivity contribution is 6.33. The molecule has 24 heavy (non-hydrogen) atoms. The molecule has 1 heterocycles. The summed E-state index contributed by atoms with van der Waals surface area (Å²) >= 11 is 6.12. The lowest BCUT2D eigenvalue weighted by atomic mass is 10.1. The Hall–Kier alpha value is -2.33. The fourth-order valence-corrected chi connectivity index (χ4v) is 3.19. The highest BCUT2D eigenvalue weighted by atomic mass is 35.5.